The summed E-state index contributed by atoms with van der Waals surface area (Å²) in [6, 6.07) is 0.194. The molecule has 0 bridgehead atoms. The van der Waals surface area contributed by atoms with E-state index >= 15 is 0 Å². The number of rotatable bonds is 3. The van der Waals surface area contributed by atoms with E-state index in [1.54, 1.807) is 0 Å². The lowest BCUT2D eigenvalue weighted by molar-refractivity contribution is 0.260. The van der Waals surface area contributed by atoms with E-state index in [1.165, 1.54) is 18.2 Å². The molecule has 1 fully saturated rings. The zero-order chi connectivity index (χ0) is 15.0. The van der Waals surface area contributed by atoms with Crippen molar-refractivity contribution in [2.75, 3.05) is 6.26 Å². The predicted octanol–water partition coefficient (Wildman–Crippen LogP) is 3.12. The molecule has 0 heterocycles. The Bertz CT molecular complexity index is 364. The van der Waals surface area contributed by atoms with Crippen molar-refractivity contribution in [3.63, 3.8) is 0 Å². The minimum Gasteiger partial charge on any atom is -0.336 e. The third-order valence-corrected chi connectivity index (χ3v) is 4.25. The average molecular weight is 334 g/mol. The molecule has 0 aromatic heterocycles. The highest BCUT2D eigenvalue weighted by molar-refractivity contribution is 8.22. The third-order valence-electron chi connectivity index (χ3n) is 2.97. The molecule has 1 aliphatic rings. The summed E-state index contributed by atoms with van der Waals surface area (Å²) in [5.41, 5.74) is 5.41. The first kappa shape index (κ1) is 17.6. The van der Waals surface area contributed by atoms with Crippen LogP contribution in [0.1, 0.15) is 46.0 Å². The molecule has 1 saturated carbocycles. The molecular formula is C12H23N5S3. The van der Waals surface area contributed by atoms with Crippen LogP contribution >= 0.6 is 36.2 Å². The highest BCUT2D eigenvalue weighted by atomic mass is 32.2. The van der Waals surface area contributed by atoms with Crippen LogP contribution in [0.2, 0.25) is 0 Å². The lowest BCUT2D eigenvalue weighted by Gasteiger charge is -2.34. The molecule has 0 aromatic carbocycles. The van der Waals surface area contributed by atoms with Crippen LogP contribution in [0.5, 0.6) is 0 Å². The summed E-state index contributed by atoms with van der Waals surface area (Å²) in [5, 5.41) is 12.6. The van der Waals surface area contributed by atoms with Gasteiger partial charge < -0.3 is 5.32 Å². The number of nitrogens with zero attached hydrogens (tertiary/aromatic N) is 2. The molecular weight excluding hydrogens is 310 g/mol. The van der Waals surface area contributed by atoms with Crippen molar-refractivity contribution in [3.8, 4) is 0 Å². The Morgan fingerprint density at radius 3 is 2.35 bits per heavy atom. The molecule has 0 radical (unpaired) electrons. The fourth-order valence-electron chi connectivity index (χ4n) is 2.01. The van der Waals surface area contributed by atoms with E-state index < -0.39 is 0 Å². The van der Waals surface area contributed by atoms with Crippen LogP contribution in [-0.4, -0.2) is 27.4 Å². The largest absolute Gasteiger partial charge is 0.336 e. The first-order valence-electron chi connectivity index (χ1n) is 6.81. The second kappa shape index (κ2) is 8.74. The average Bonchev–Trinajstić information content (AvgIpc) is 2.43. The standard InChI is InChI=1S/C12H23N5S3/c1-9(2)14-17-12(7-5-4-6-8-12)13-10(18)15-16-11(19)20-3/h9H,4-8H2,1-3H3,(H,16,19)(H2,13,15,18). The predicted molar refractivity (Wildman–Crippen MR) is 93.9 cm³/mol. The molecule has 0 atom stereocenters. The Hall–Kier alpha value is -0.470. The first-order valence-corrected chi connectivity index (χ1v) is 8.86. The Morgan fingerprint density at radius 2 is 1.80 bits per heavy atom. The first-order chi connectivity index (χ1) is 9.47. The fraction of sp³-hybridized carbons (Fsp3) is 0.833. The van der Waals surface area contributed by atoms with E-state index in [4.69, 9.17) is 24.4 Å². The second-order valence-corrected chi connectivity index (χ2v) is 6.99. The second-order valence-electron chi connectivity index (χ2n) is 5.10. The smallest absolute Gasteiger partial charge is 0.187 e. The molecule has 114 valence electrons. The molecule has 0 spiro atoms. The van der Waals surface area contributed by atoms with Gasteiger partial charge in [-0.2, -0.15) is 10.2 Å². The normalized spacial score (nSPS) is 18.0. The Kier molecular flexibility index (Phi) is 7.68. The van der Waals surface area contributed by atoms with Crippen LogP contribution in [0, 0.1) is 0 Å². The summed E-state index contributed by atoms with van der Waals surface area (Å²) in [7, 11) is 0. The van der Waals surface area contributed by atoms with Gasteiger partial charge in [0, 0.05) is 0 Å². The van der Waals surface area contributed by atoms with Crippen LogP contribution < -0.4 is 16.2 Å². The zero-order valence-corrected chi connectivity index (χ0v) is 14.7. The van der Waals surface area contributed by atoms with Crippen molar-refractivity contribution in [2.45, 2.75) is 57.7 Å². The maximum absolute atomic E-state index is 5.30. The van der Waals surface area contributed by atoms with Crippen molar-refractivity contribution in [2.24, 2.45) is 10.2 Å². The van der Waals surface area contributed by atoms with Crippen molar-refractivity contribution in [1.29, 1.82) is 0 Å². The van der Waals surface area contributed by atoms with Gasteiger partial charge in [-0.1, -0.05) is 30.4 Å². The Morgan fingerprint density at radius 1 is 1.15 bits per heavy atom. The van der Waals surface area contributed by atoms with Crippen LogP contribution in [-0.2, 0) is 0 Å². The summed E-state index contributed by atoms with van der Waals surface area (Å²) < 4.78 is 0.649. The third kappa shape index (κ3) is 6.32. The van der Waals surface area contributed by atoms with E-state index in [1.807, 2.05) is 20.1 Å². The van der Waals surface area contributed by atoms with Crippen molar-refractivity contribution in [3.05, 3.63) is 0 Å². The molecule has 0 amide bonds. The maximum Gasteiger partial charge on any atom is 0.187 e. The molecule has 3 N–H and O–H groups in total. The van der Waals surface area contributed by atoms with Crippen LogP contribution in [0.25, 0.3) is 0 Å². The van der Waals surface area contributed by atoms with E-state index in [-0.39, 0.29) is 11.7 Å². The van der Waals surface area contributed by atoms with Crippen LogP contribution in [0.15, 0.2) is 10.2 Å². The van der Waals surface area contributed by atoms with E-state index in [9.17, 15) is 0 Å². The van der Waals surface area contributed by atoms with Gasteiger partial charge in [0.15, 0.2) is 15.1 Å². The summed E-state index contributed by atoms with van der Waals surface area (Å²) in [5.74, 6) is 0. The SMILES string of the molecule is CSC(=S)NNC(=S)NC1(N=NC(C)C)CCCCC1. The van der Waals surface area contributed by atoms with Crippen molar-refractivity contribution < 1.29 is 0 Å². The van der Waals surface area contributed by atoms with Gasteiger partial charge in [-0.15, -0.1) is 0 Å². The molecule has 20 heavy (non-hydrogen) atoms. The van der Waals surface area contributed by atoms with E-state index in [2.05, 4.69) is 26.4 Å². The maximum atomic E-state index is 5.30. The quantitative estimate of drug-likeness (QED) is 0.419. The summed E-state index contributed by atoms with van der Waals surface area (Å²) >= 11 is 11.8. The minimum absolute atomic E-state index is 0.194. The van der Waals surface area contributed by atoms with Gasteiger partial charge in [0.1, 0.15) is 0 Å². The number of hydrazine groups is 1. The number of thiocarbonyl (C=S) groups is 2. The summed E-state index contributed by atoms with van der Waals surface area (Å²) in [6.45, 7) is 4.05. The number of hydrogen-bond donors (Lipinski definition) is 3. The van der Waals surface area contributed by atoms with Crippen LogP contribution in [0.4, 0.5) is 0 Å². The molecule has 8 heteroatoms. The highest BCUT2D eigenvalue weighted by Crippen LogP contribution is 2.29. The topological polar surface area (TPSA) is 60.8 Å². The van der Waals surface area contributed by atoms with Gasteiger partial charge in [-0.05, 0) is 58.0 Å². The molecule has 5 nitrogen and oxygen atoms in total. The van der Waals surface area contributed by atoms with E-state index in [0.717, 1.165) is 25.7 Å². The van der Waals surface area contributed by atoms with Gasteiger partial charge in [-0.25, -0.2) is 0 Å². The summed E-state index contributed by atoms with van der Waals surface area (Å²) in [4.78, 5) is 0. The molecule has 1 aliphatic carbocycles. The minimum atomic E-state index is -0.366. The lowest BCUT2D eigenvalue weighted by atomic mass is 9.90. The van der Waals surface area contributed by atoms with Gasteiger partial charge in [-0.3, -0.25) is 10.9 Å². The lowest BCUT2D eigenvalue weighted by Crippen LogP contribution is -2.55. The Balaban J connectivity index is 2.60. The van der Waals surface area contributed by atoms with Gasteiger partial charge in [0.05, 0.1) is 6.04 Å². The molecule has 0 aliphatic heterocycles. The number of nitrogens with one attached hydrogen (secondary N) is 3. The van der Waals surface area contributed by atoms with Crippen LogP contribution in [0.3, 0.4) is 0 Å². The highest BCUT2D eigenvalue weighted by Gasteiger charge is 2.32. The summed E-state index contributed by atoms with van der Waals surface area (Å²) in [6.07, 6.45) is 7.35. The Labute approximate surface area is 136 Å². The molecule has 0 saturated heterocycles. The molecule has 0 aromatic rings. The van der Waals surface area contributed by atoms with Crippen molar-refractivity contribution >= 4 is 45.6 Å². The number of thioether (sulfide) groups is 1. The van der Waals surface area contributed by atoms with Gasteiger partial charge in [0.2, 0.25) is 0 Å². The number of azo groups is 1. The van der Waals surface area contributed by atoms with Gasteiger partial charge in [0.25, 0.3) is 0 Å². The van der Waals surface area contributed by atoms with E-state index in [0.29, 0.717) is 9.43 Å². The molecule has 1 rings (SSSR count). The monoisotopic (exact) mass is 333 g/mol. The van der Waals surface area contributed by atoms with Crippen molar-refractivity contribution in [1.82, 2.24) is 16.2 Å². The fourth-order valence-corrected chi connectivity index (χ4v) is 2.46. The molecule has 0 unspecified atom stereocenters. The number of hydrogen-bond acceptors (Lipinski definition) is 5. The van der Waals surface area contributed by atoms with Gasteiger partial charge >= 0.3 is 0 Å². The zero-order valence-electron chi connectivity index (χ0n) is 12.2.